The molecule has 4 aromatic rings. The van der Waals surface area contributed by atoms with Gasteiger partial charge in [-0.2, -0.15) is 0 Å². The Morgan fingerprint density at radius 3 is 2.44 bits per heavy atom. The van der Waals surface area contributed by atoms with Gasteiger partial charge in [-0.15, -0.1) is 0 Å². The second-order valence-electron chi connectivity index (χ2n) is 7.69. The standard InChI is InChI=1S/C25H23ClN4O3S/c1-29-15-14-27-24(29)23(18-8-4-3-5-9-18)28-25(31)19-10-6-13-22(16-19)34(32,33)30(2)21-12-7-11-20(26)17-21/h3-17,23H,1-2H3,(H,28,31)/t23-/m1/s1. The number of amides is 1. The number of imidazole rings is 1. The van der Waals surface area contributed by atoms with Crippen LogP contribution in [-0.2, 0) is 17.1 Å². The van der Waals surface area contributed by atoms with Crippen molar-refractivity contribution < 1.29 is 13.2 Å². The summed E-state index contributed by atoms with van der Waals surface area (Å²) in [5, 5.41) is 3.42. The smallest absolute Gasteiger partial charge is 0.264 e. The van der Waals surface area contributed by atoms with Crippen LogP contribution in [0.3, 0.4) is 0 Å². The van der Waals surface area contributed by atoms with Crippen LogP contribution in [0.15, 0.2) is 96.2 Å². The lowest BCUT2D eigenvalue weighted by Gasteiger charge is -2.21. The average molecular weight is 495 g/mol. The fourth-order valence-electron chi connectivity index (χ4n) is 3.58. The van der Waals surface area contributed by atoms with Gasteiger partial charge in [0.05, 0.1) is 10.6 Å². The molecule has 4 rings (SSSR count). The maximum absolute atomic E-state index is 13.2. The molecule has 0 bridgehead atoms. The number of nitrogens with one attached hydrogen (secondary N) is 1. The van der Waals surface area contributed by atoms with E-state index in [1.54, 1.807) is 48.8 Å². The van der Waals surface area contributed by atoms with Crippen LogP contribution in [0.5, 0.6) is 0 Å². The highest BCUT2D eigenvalue weighted by Crippen LogP contribution is 2.26. The quantitative estimate of drug-likeness (QED) is 0.412. The number of aromatic nitrogens is 2. The van der Waals surface area contributed by atoms with Gasteiger partial charge >= 0.3 is 0 Å². The van der Waals surface area contributed by atoms with Gasteiger partial charge in [-0.25, -0.2) is 13.4 Å². The molecule has 0 saturated heterocycles. The fraction of sp³-hybridized carbons (Fsp3) is 0.120. The van der Waals surface area contributed by atoms with Gasteiger partial charge in [0.1, 0.15) is 11.9 Å². The predicted molar refractivity (Wildman–Crippen MR) is 132 cm³/mol. The maximum atomic E-state index is 13.2. The van der Waals surface area contributed by atoms with Gasteiger partial charge in [0.2, 0.25) is 0 Å². The van der Waals surface area contributed by atoms with Crippen molar-refractivity contribution in [3.05, 3.63) is 113 Å². The number of hydrogen-bond donors (Lipinski definition) is 1. The highest BCUT2D eigenvalue weighted by atomic mass is 35.5. The molecule has 0 aliphatic rings. The van der Waals surface area contributed by atoms with E-state index in [0.29, 0.717) is 16.5 Å². The summed E-state index contributed by atoms with van der Waals surface area (Å²) < 4.78 is 29.4. The summed E-state index contributed by atoms with van der Waals surface area (Å²) in [4.78, 5) is 17.6. The number of anilines is 1. The number of halogens is 1. The van der Waals surface area contributed by atoms with Crippen LogP contribution >= 0.6 is 11.6 Å². The number of sulfonamides is 1. The summed E-state index contributed by atoms with van der Waals surface area (Å²) in [6.45, 7) is 0. The van der Waals surface area contributed by atoms with E-state index in [-0.39, 0.29) is 10.5 Å². The summed E-state index contributed by atoms with van der Waals surface area (Å²) in [5.41, 5.74) is 1.49. The molecule has 0 radical (unpaired) electrons. The molecule has 9 heteroatoms. The molecule has 34 heavy (non-hydrogen) atoms. The zero-order valence-corrected chi connectivity index (χ0v) is 20.2. The third-order valence-corrected chi connectivity index (χ3v) is 7.47. The van der Waals surface area contributed by atoms with E-state index < -0.39 is 22.0 Å². The van der Waals surface area contributed by atoms with Gasteiger partial charge in [-0.1, -0.05) is 54.1 Å². The first-order valence-electron chi connectivity index (χ1n) is 10.4. The molecule has 0 aliphatic heterocycles. The summed E-state index contributed by atoms with van der Waals surface area (Å²) >= 11 is 6.02. The lowest BCUT2D eigenvalue weighted by molar-refractivity contribution is 0.0941. The van der Waals surface area contributed by atoms with Crippen LogP contribution in [0, 0.1) is 0 Å². The highest BCUT2D eigenvalue weighted by molar-refractivity contribution is 7.92. The molecular formula is C25H23ClN4O3S. The predicted octanol–water partition coefficient (Wildman–Crippen LogP) is 4.42. The Morgan fingerprint density at radius 2 is 1.76 bits per heavy atom. The van der Waals surface area contributed by atoms with Gasteiger partial charge in [0.25, 0.3) is 15.9 Å². The van der Waals surface area contributed by atoms with Crippen molar-refractivity contribution in [3.63, 3.8) is 0 Å². The van der Waals surface area contributed by atoms with Crippen LogP contribution < -0.4 is 9.62 Å². The van der Waals surface area contributed by atoms with Crippen LogP contribution in [0.4, 0.5) is 5.69 Å². The van der Waals surface area contributed by atoms with E-state index in [9.17, 15) is 13.2 Å². The summed E-state index contributed by atoms with van der Waals surface area (Å²) in [5.74, 6) is 0.239. The van der Waals surface area contributed by atoms with Crippen LogP contribution in [0.1, 0.15) is 27.8 Å². The highest BCUT2D eigenvalue weighted by Gasteiger charge is 2.25. The van der Waals surface area contributed by atoms with Crippen molar-refractivity contribution in [1.82, 2.24) is 14.9 Å². The van der Waals surface area contributed by atoms with Gasteiger partial charge in [-0.3, -0.25) is 9.10 Å². The lowest BCUT2D eigenvalue weighted by atomic mass is 10.1. The molecule has 0 fully saturated rings. The van der Waals surface area contributed by atoms with E-state index in [4.69, 9.17) is 11.6 Å². The first kappa shape index (κ1) is 23.5. The SMILES string of the molecule is CN(c1cccc(Cl)c1)S(=O)(=O)c1cccc(C(=O)N[C@H](c2ccccc2)c2nccn2C)c1. The number of aryl methyl sites for hydroxylation is 1. The number of carbonyl (C=O) groups excluding carboxylic acids is 1. The molecule has 3 aromatic carbocycles. The number of benzene rings is 3. The van der Waals surface area contributed by atoms with Crippen molar-refractivity contribution in [2.45, 2.75) is 10.9 Å². The minimum Gasteiger partial charge on any atom is -0.338 e. The molecule has 1 N–H and O–H groups in total. The third kappa shape index (κ3) is 4.83. The van der Waals surface area contributed by atoms with Crippen LogP contribution in [-0.4, -0.2) is 30.9 Å². The largest absolute Gasteiger partial charge is 0.338 e. The Labute approximate surface area is 203 Å². The number of rotatable bonds is 7. The Kier molecular flexibility index (Phi) is 6.72. The molecule has 1 heterocycles. The van der Waals surface area contributed by atoms with E-state index in [1.165, 1.54) is 19.2 Å². The molecule has 1 amide bonds. The molecule has 0 saturated carbocycles. The summed E-state index contributed by atoms with van der Waals surface area (Å²) in [6.07, 6.45) is 3.46. The van der Waals surface area contributed by atoms with E-state index in [1.807, 2.05) is 41.9 Å². The number of nitrogens with zero attached hydrogens (tertiary/aromatic N) is 3. The first-order valence-corrected chi connectivity index (χ1v) is 12.3. The van der Waals surface area contributed by atoms with Crippen molar-refractivity contribution in [2.24, 2.45) is 7.05 Å². The minimum atomic E-state index is -3.92. The Balaban J connectivity index is 1.64. The van der Waals surface area contributed by atoms with Crippen LogP contribution in [0.2, 0.25) is 5.02 Å². The van der Waals surface area contributed by atoms with Crippen LogP contribution in [0.25, 0.3) is 0 Å². The van der Waals surface area contributed by atoms with Crippen molar-refractivity contribution in [1.29, 1.82) is 0 Å². The Hall–Kier alpha value is -3.62. The molecule has 1 aromatic heterocycles. The topological polar surface area (TPSA) is 84.3 Å². The number of carbonyl (C=O) groups is 1. The lowest BCUT2D eigenvalue weighted by Crippen LogP contribution is -2.31. The maximum Gasteiger partial charge on any atom is 0.264 e. The normalized spacial score (nSPS) is 12.2. The molecule has 0 unspecified atom stereocenters. The van der Waals surface area contributed by atoms with E-state index in [0.717, 1.165) is 9.87 Å². The van der Waals surface area contributed by atoms with Gasteiger partial charge < -0.3 is 9.88 Å². The first-order chi connectivity index (χ1) is 16.3. The molecule has 0 aliphatic carbocycles. The van der Waals surface area contributed by atoms with E-state index in [2.05, 4.69) is 10.3 Å². The van der Waals surface area contributed by atoms with Crippen molar-refractivity contribution in [2.75, 3.05) is 11.4 Å². The molecule has 0 spiro atoms. The van der Waals surface area contributed by atoms with Crippen molar-refractivity contribution in [3.8, 4) is 0 Å². The fourth-order valence-corrected chi connectivity index (χ4v) is 5.00. The van der Waals surface area contributed by atoms with Gasteiger partial charge in [0.15, 0.2) is 0 Å². The summed E-state index contributed by atoms with van der Waals surface area (Å²) in [6, 6.07) is 21.5. The van der Waals surface area contributed by atoms with Crippen molar-refractivity contribution >= 4 is 33.2 Å². The third-order valence-electron chi connectivity index (χ3n) is 5.45. The van der Waals surface area contributed by atoms with E-state index >= 15 is 0 Å². The summed E-state index contributed by atoms with van der Waals surface area (Å²) in [7, 11) is -0.622. The molecule has 7 nitrogen and oxygen atoms in total. The Bertz CT molecular complexity index is 1420. The monoisotopic (exact) mass is 494 g/mol. The molecule has 1 atom stereocenters. The minimum absolute atomic E-state index is 0.00382. The average Bonchev–Trinajstić information content (AvgIpc) is 3.28. The zero-order valence-electron chi connectivity index (χ0n) is 18.6. The van der Waals surface area contributed by atoms with Gasteiger partial charge in [0, 0.05) is 37.1 Å². The second kappa shape index (κ2) is 9.70. The Morgan fingerprint density at radius 1 is 1.03 bits per heavy atom. The van der Waals surface area contributed by atoms with Gasteiger partial charge in [-0.05, 0) is 42.0 Å². The molecule has 174 valence electrons. The second-order valence-corrected chi connectivity index (χ2v) is 10.1. The number of hydrogen-bond acceptors (Lipinski definition) is 4. The zero-order chi connectivity index (χ0) is 24.3. The molecular weight excluding hydrogens is 472 g/mol.